The second kappa shape index (κ2) is 45.9. The highest BCUT2D eigenvalue weighted by atomic mass is 32.7. The highest BCUT2D eigenvalue weighted by molar-refractivity contribution is 8.44. The van der Waals surface area contributed by atoms with Gasteiger partial charge in [-0.2, -0.15) is 0 Å². The number of likely N-dealkylation sites (tertiary alicyclic amines) is 2. The van der Waals surface area contributed by atoms with Crippen molar-refractivity contribution < 1.29 is 131 Å². The number of aliphatic hydroxyl groups is 9. The molecular formula is C78H136N6O27P2S. The van der Waals surface area contributed by atoms with Gasteiger partial charge < -0.3 is 110 Å². The third-order valence-corrected chi connectivity index (χ3v) is 27.4. The molecule has 6 amide bonds. The van der Waals surface area contributed by atoms with E-state index < -0.39 is 151 Å². The Bertz CT molecular complexity index is 3160. The number of thiol groups is 1. The van der Waals surface area contributed by atoms with Crippen molar-refractivity contribution in [2.45, 2.75) is 325 Å². The molecule has 15 N–H and O–H groups in total. The van der Waals surface area contributed by atoms with E-state index in [0.29, 0.717) is 94.4 Å². The van der Waals surface area contributed by atoms with Crippen molar-refractivity contribution in [2.75, 3.05) is 72.4 Å². The molecule has 0 aromatic carbocycles. The first-order valence-electron chi connectivity index (χ1n) is 42.1. The van der Waals surface area contributed by atoms with Crippen LogP contribution in [0.2, 0.25) is 0 Å². The Morgan fingerprint density at radius 1 is 0.596 bits per heavy atom. The number of nitrogens with zero attached hydrogens (tertiary/aromatic N) is 2. The van der Waals surface area contributed by atoms with Crippen LogP contribution >= 0.6 is 26.9 Å². The number of nitrogens with one attached hydrogen (secondary N) is 4. The number of rotatable bonds is 47. The van der Waals surface area contributed by atoms with Gasteiger partial charge in [-0.15, -0.1) is 0 Å². The first-order chi connectivity index (χ1) is 54.1. The molecule has 0 radical (unpaired) electrons. The topological polar surface area (TPSA) is 488 Å². The molecular weight excluding hydrogens is 1550 g/mol. The van der Waals surface area contributed by atoms with E-state index >= 15 is 0 Å². The minimum absolute atomic E-state index is 0.0162. The number of alkyl carbamates (subject to hydrolysis) is 1. The van der Waals surface area contributed by atoms with E-state index in [2.05, 4.69) is 74.2 Å². The van der Waals surface area contributed by atoms with Crippen LogP contribution in [0.15, 0.2) is 11.6 Å². The number of ether oxygens (including phenoxy) is 5. The van der Waals surface area contributed by atoms with Crippen LogP contribution in [-0.4, -0.2) is 271 Å². The maximum Gasteiger partial charge on any atom is 0.472 e. The van der Waals surface area contributed by atoms with Crippen LogP contribution < -0.4 is 21.3 Å². The van der Waals surface area contributed by atoms with E-state index in [1.54, 1.807) is 0 Å². The number of hydrogen-bond donors (Lipinski definition) is 16. The zero-order chi connectivity index (χ0) is 83.1. The van der Waals surface area contributed by atoms with Crippen LogP contribution in [0.1, 0.15) is 227 Å². The second-order valence-electron chi connectivity index (χ2n) is 34.2. The molecule has 4 heterocycles. The van der Waals surface area contributed by atoms with Crippen molar-refractivity contribution in [2.24, 2.45) is 46.3 Å². The van der Waals surface area contributed by atoms with E-state index in [1.807, 2.05) is 0 Å². The Labute approximate surface area is 676 Å². The maximum atomic E-state index is 13.8. The summed E-state index contributed by atoms with van der Waals surface area (Å²) in [6.07, 6.45) is 3.97. The smallest absolute Gasteiger partial charge is 0.446 e. The molecule has 0 aromatic rings. The number of phosphoric acid groups is 1. The summed E-state index contributed by atoms with van der Waals surface area (Å²) in [5, 5.41) is 102. The summed E-state index contributed by atoms with van der Waals surface area (Å²) in [5.41, 5.74) is 2.00. The average molecular weight is 1680 g/mol. The number of fused-ring (bicyclic) bond motifs is 5. The lowest BCUT2D eigenvalue weighted by atomic mass is 9.47. The van der Waals surface area contributed by atoms with Crippen molar-refractivity contribution in [3.63, 3.8) is 0 Å². The fourth-order valence-corrected chi connectivity index (χ4v) is 20.7. The molecule has 33 nitrogen and oxygen atoms in total. The van der Waals surface area contributed by atoms with E-state index in [1.165, 1.54) is 60.3 Å². The van der Waals surface area contributed by atoms with Gasteiger partial charge in [-0.1, -0.05) is 90.6 Å². The summed E-state index contributed by atoms with van der Waals surface area (Å²) in [5.74, 6) is 2.60. The summed E-state index contributed by atoms with van der Waals surface area (Å²) in [4.78, 5) is 104. The largest absolute Gasteiger partial charge is 0.472 e. The Kier molecular flexibility index (Phi) is 38.6. The van der Waals surface area contributed by atoms with Crippen LogP contribution in [0.5, 0.6) is 0 Å². The Hall–Kier alpha value is -3.55. The Morgan fingerprint density at radius 3 is 1.78 bits per heavy atom. The lowest BCUT2D eigenvalue weighted by Crippen LogP contribution is -2.59. The summed E-state index contributed by atoms with van der Waals surface area (Å²) in [6, 6.07) is -2.61. The van der Waals surface area contributed by atoms with Gasteiger partial charge in [0.2, 0.25) is 29.5 Å². The molecule has 19 unspecified atom stereocenters. The summed E-state index contributed by atoms with van der Waals surface area (Å²) < 4.78 is 69.5. The lowest BCUT2D eigenvalue weighted by molar-refractivity contribution is -0.301. The van der Waals surface area contributed by atoms with Gasteiger partial charge in [0.15, 0.2) is 12.6 Å². The number of hydrogen-bond acceptors (Lipinski definition) is 25. The van der Waals surface area contributed by atoms with Gasteiger partial charge in [0.05, 0.1) is 50.7 Å². The first kappa shape index (κ1) is 95.9. The first-order valence-corrected chi connectivity index (χ1v) is 46.3. The molecule has 4 saturated heterocycles. The van der Waals surface area contributed by atoms with Crippen molar-refractivity contribution in [3.8, 4) is 0 Å². The second-order valence-corrected chi connectivity index (χ2v) is 38.4. The molecule has 0 spiro atoms. The summed E-state index contributed by atoms with van der Waals surface area (Å²) >= 11 is 3.62. The van der Waals surface area contributed by atoms with Crippen molar-refractivity contribution in [3.05, 3.63) is 11.6 Å². The number of phosphoric ester groups is 1. The van der Waals surface area contributed by atoms with E-state index in [-0.39, 0.29) is 120 Å². The molecule has 25 atom stereocenters. The standard InChI is InChI=1S/C78H136N6O27P2S/c1-48(2)19-18-20-49(3)57-28-29-58-56-27-26-50-39-54(30-32-77(50,4)59(56)31-33-78(57,58)5)108-76(99)81-36-14-7-9-25-66(91)84-43-55(41-52(84)47-107-113(102,103)114)111-112(100,101)106-46-51-40-53(87)42-83(51)65(90)24-8-6-13-35-80-73(98)60(82-64(89)23-12-17-38-105-75-72(97)70(95)68(93)62(45-86)110-75)21-10-15-34-79-63(88)22-11-16-37-104-74-71(96)69(94)67(92)61(44-85)109-74/h26,48-49,51-62,67-72,74-75,85-87,92-97H,6-25,27-47H2,1-5H3,(H,79,88)(H,80,98)(H,81,99)(H,82,89)(H,100,101)(H2,102,103,114)/t49-,51?,52?,53-,54?,55-,56?,57?,58?,59?,60+,61?,62?,67?,68?,69?,70?,71?,72?,74?,75?,77+,78-/m1/s1. The molecule has 4 aliphatic heterocycles. The van der Waals surface area contributed by atoms with Gasteiger partial charge in [-0.05, 0) is 175 Å². The molecule has 8 rings (SSSR count). The zero-order valence-corrected chi connectivity index (χ0v) is 70.1. The fraction of sp³-hybridized carbons (Fsp3) is 0.897. The van der Waals surface area contributed by atoms with E-state index in [9.17, 15) is 93.6 Å². The van der Waals surface area contributed by atoms with Gasteiger partial charge in [0.1, 0.15) is 61.0 Å². The molecule has 3 saturated carbocycles. The number of β-amino-alcohol motifs (C(OH)–C–C–N with tert-alkyl or cyclic N) is 1. The van der Waals surface area contributed by atoms with Crippen LogP contribution in [0.25, 0.3) is 0 Å². The van der Waals surface area contributed by atoms with Crippen LogP contribution in [0.3, 0.4) is 0 Å². The number of unbranched alkanes of at least 4 members (excludes halogenated alkanes) is 7. The van der Waals surface area contributed by atoms with Gasteiger partial charge in [0.25, 0.3) is 0 Å². The number of allylic oxidation sites excluding steroid dienone is 1. The highest BCUT2D eigenvalue weighted by Gasteiger charge is 2.60. The fourth-order valence-electron chi connectivity index (χ4n) is 19.2. The molecule has 0 aromatic heterocycles. The van der Waals surface area contributed by atoms with Crippen molar-refractivity contribution in [1.29, 1.82) is 0 Å². The summed E-state index contributed by atoms with van der Waals surface area (Å²) in [7, 11) is -4.89. The van der Waals surface area contributed by atoms with Gasteiger partial charge >= 0.3 is 20.7 Å². The summed E-state index contributed by atoms with van der Waals surface area (Å²) in [6.45, 7) is 6.44. The van der Waals surface area contributed by atoms with E-state index in [4.69, 9.17) is 37.3 Å². The third kappa shape index (κ3) is 28.0. The highest BCUT2D eigenvalue weighted by Crippen LogP contribution is 2.67. The van der Waals surface area contributed by atoms with Crippen molar-refractivity contribution in [1.82, 2.24) is 31.1 Å². The molecule has 114 heavy (non-hydrogen) atoms. The molecule has 36 heteroatoms. The lowest BCUT2D eigenvalue weighted by Gasteiger charge is -2.58. The normalized spacial score (nSPS) is 33.7. The third-order valence-electron chi connectivity index (χ3n) is 25.5. The van der Waals surface area contributed by atoms with Crippen LogP contribution in [0.4, 0.5) is 4.79 Å². The number of aliphatic hydroxyl groups excluding tert-OH is 9. The zero-order valence-electron chi connectivity index (χ0n) is 67.5. The maximum absolute atomic E-state index is 13.8. The van der Waals surface area contributed by atoms with Gasteiger partial charge in [-0.3, -0.25) is 37.5 Å². The number of carbonyl (C=O) groups is 6. The Balaban J connectivity index is 0.711. The molecule has 7 fully saturated rings. The molecule has 4 aliphatic carbocycles. The molecule has 0 bridgehead atoms. The molecule has 8 aliphatic rings. The van der Waals surface area contributed by atoms with Gasteiger partial charge in [-0.25, -0.2) is 13.9 Å². The van der Waals surface area contributed by atoms with Crippen molar-refractivity contribution >= 4 is 62.5 Å². The minimum atomic E-state index is -4.89. The average Bonchev–Trinajstić information content (AvgIpc) is 1.44. The Morgan fingerprint density at radius 2 is 1.17 bits per heavy atom. The minimum Gasteiger partial charge on any atom is -0.446 e. The predicted molar refractivity (Wildman–Crippen MR) is 419 cm³/mol. The number of amides is 6. The van der Waals surface area contributed by atoms with Crippen LogP contribution in [-0.2, 0) is 70.4 Å². The van der Waals surface area contributed by atoms with E-state index in [0.717, 1.165) is 49.4 Å². The predicted octanol–water partition coefficient (Wildman–Crippen LogP) is 5.22. The molecule has 656 valence electrons. The SMILES string of the molecule is CC(C)CCC[C@@H](C)C1CCC2C3CC=C4CC(OC(=O)NCCCCCC(=O)N5C[C@H](OP(=O)(O)OCC6C[C@@H](O)CN6C(=O)CCCCCNC(=O)[C@H](CCCCNC(=O)CCCCOC6OC(CO)C(O)C(O)C6O)NC(=O)CCCCOC6OC(CO)C(O)C(O)C6O)CC5COP(=O)(O)S)CC[C@]4(C)C3CC[C@@]21C. The van der Waals surface area contributed by atoms with Gasteiger partial charge in [0, 0.05) is 78.0 Å². The number of carbonyl (C=O) groups excluding carboxylic acids is 6. The quantitative estimate of drug-likeness (QED) is 0.0161. The monoisotopic (exact) mass is 1680 g/mol. The van der Waals surface area contributed by atoms with Crippen LogP contribution in [0, 0.1) is 46.3 Å².